The molecular formula is C21H38N2O. The van der Waals surface area contributed by atoms with Crippen LogP contribution in [0.2, 0.25) is 0 Å². The van der Waals surface area contributed by atoms with Crippen molar-refractivity contribution in [2.45, 2.75) is 90.1 Å². The van der Waals surface area contributed by atoms with Crippen LogP contribution in [-0.4, -0.2) is 54.3 Å². The fourth-order valence-corrected chi connectivity index (χ4v) is 5.67. The van der Waals surface area contributed by atoms with Crippen molar-refractivity contribution in [3.63, 3.8) is 0 Å². The maximum Gasteiger partial charge on any atom is 0.135 e. The molecule has 1 saturated heterocycles. The molecule has 0 unspecified atom stereocenters. The third kappa shape index (κ3) is 3.88. The third-order valence-corrected chi connectivity index (χ3v) is 7.40. The van der Waals surface area contributed by atoms with Crippen molar-refractivity contribution in [2.24, 2.45) is 11.3 Å². The number of nitrogens with zero attached hydrogens (tertiary/aromatic N) is 2. The van der Waals surface area contributed by atoms with Crippen LogP contribution in [0.25, 0.3) is 0 Å². The van der Waals surface area contributed by atoms with Crippen LogP contribution >= 0.6 is 0 Å². The number of piperidine rings is 1. The minimum Gasteiger partial charge on any atom is -0.303 e. The van der Waals surface area contributed by atoms with Gasteiger partial charge in [-0.25, -0.2) is 0 Å². The van der Waals surface area contributed by atoms with Gasteiger partial charge in [-0.3, -0.25) is 4.79 Å². The van der Waals surface area contributed by atoms with E-state index < -0.39 is 0 Å². The summed E-state index contributed by atoms with van der Waals surface area (Å²) in [5, 5.41) is 0. The Morgan fingerprint density at radius 2 is 1.71 bits per heavy atom. The van der Waals surface area contributed by atoms with Crippen LogP contribution < -0.4 is 0 Å². The van der Waals surface area contributed by atoms with Crippen LogP contribution in [0.15, 0.2) is 0 Å². The minimum absolute atomic E-state index is 0.393. The summed E-state index contributed by atoms with van der Waals surface area (Å²) in [5.41, 5.74) is 0.616. The first-order valence-corrected chi connectivity index (χ1v) is 10.5. The lowest BCUT2D eigenvalue weighted by atomic mass is 9.56. The van der Waals surface area contributed by atoms with Crippen molar-refractivity contribution in [3.05, 3.63) is 0 Å². The summed E-state index contributed by atoms with van der Waals surface area (Å²) in [5.74, 6) is 0.906. The highest BCUT2D eigenvalue weighted by Crippen LogP contribution is 2.54. The summed E-state index contributed by atoms with van der Waals surface area (Å²) >= 11 is 0. The molecule has 3 nitrogen and oxygen atoms in total. The second kappa shape index (κ2) is 7.86. The number of rotatable bonds is 6. The van der Waals surface area contributed by atoms with E-state index in [9.17, 15) is 4.79 Å². The molecule has 0 atom stereocenters. The van der Waals surface area contributed by atoms with Crippen LogP contribution in [0, 0.1) is 11.3 Å². The Bertz CT molecular complexity index is 412. The lowest BCUT2D eigenvalue weighted by molar-refractivity contribution is -0.126. The molecule has 0 bridgehead atoms. The molecule has 0 amide bonds. The van der Waals surface area contributed by atoms with Gasteiger partial charge in [0.1, 0.15) is 5.78 Å². The number of carbonyl (C=O) groups excluding carboxylic acids is 1. The van der Waals surface area contributed by atoms with Crippen molar-refractivity contribution < 1.29 is 4.79 Å². The smallest absolute Gasteiger partial charge is 0.135 e. The van der Waals surface area contributed by atoms with Gasteiger partial charge in [0.2, 0.25) is 0 Å². The van der Waals surface area contributed by atoms with Crippen molar-refractivity contribution in [1.29, 1.82) is 0 Å². The molecule has 0 N–H and O–H groups in total. The largest absolute Gasteiger partial charge is 0.303 e. The summed E-state index contributed by atoms with van der Waals surface area (Å²) in [7, 11) is 2.30. The number of carbonyl (C=O) groups is 1. The summed E-state index contributed by atoms with van der Waals surface area (Å²) in [6, 6.07) is 1.66. The number of hydrogen-bond acceptors (Lipinski definition) is 3. The van der Waals surface area contributed by atoms with Crippen LogP contribution in [-0.2, 0) is 4.79 Å². The molecule has 24 heavy (non-hydrogen) atoms. The molecule has 0 aromatic carbocycles. The lowest BCUT2D eigenvalue weighted by Crippen LogP contribution is -2.55. The molecule has 0 radical (unpaired) electrons. The van der Waals surface area contributed by atoms with Gasteiger partial charge < -0.3 is 9.80 Å². The van der Waals surface area contributed by atoms with E-state index in [4.69, 9.17) is 0 Å². The Kier molecular flexibility index (Phi) is 6.02. The SMILES string of the molecule is CCCN(C)C1CCN(C2CC3(CCC(C(=O)CC)CC3)C2)CC1. The van der Waals surface area contributed by atoms with E-state index in [-0.39, 0.29) is 0 Å². The van der Waals surface area contributed by atoms with Crippen molar-refractivity contribution in [3.8, 4) is 0 Å². The van der Waals surface area contributed by atoms with Gasteiger partial charge in [-0.1, -0.05) is 13.8 Å². The van der Waals surface area contributed by atoms with Crippen LogP contribution in [0.4, 0.5) is 0 Å². The van der Waals surface area contributed by atoms with Crippen molar-refractivity contribution >= 4 is 5.78 Å². The lowest BCUT2D eigenvalue weighted by Gasteiger charge is -2.56. The number of hydrogen-bond donors (Lipinski definition) is 0. The molecule has 1 heterocycles. The van der Waals surface area contributed by atoms with Crippen molar-refractivity contribution in [1.82, 2.24) is 9.80 Å². The predicted molar refractivity (Wildman–Crippen MR) is 100 cm³/mol. The first kappa shape index (κ1) is 18.4. The Hall–Kier alpha value is -0.410. The van der Waals surface area contributed by atoms with Gasteiger partial charge >= 0.3 is 0 Å². The Labute approximate surface area is 149 Å². The maximum atomic E-state index is 11.9. The van der Waals surface area contributed by atoms with E-state index in [1.165, 1.54) is 77.4 Å². The van der Waals surface area contributed by atoms with Crippen LogP contribution in [0.3, 0.4) is 0 Å². The van der Waals surface area contributed by atoms with E-state index in [1.807, 2.05) is 6.92 Å². The average Bonchev–Trinajstić information content (AvgIpc) is 2.59. The summed E-state index contributed by atoms with van der Waals surface area (Å²) < 4.78 is 0. The molecule has 3 heteroatoms. The number of Topliss-reactive ketones (excluding diaryl/α,β-unsaturated/α-hetero) is 1. The van der Waals surface area contributed by atoms with Gasteiger partial charge in [-0.15, -0.1) is 0 Å². The molecule has 138 valence electrons. The fraction of sp³-hybridized carbons (Fsp3) is 0.952. The molecular weight excluding hydrogens is 296 g/mol. The van der Waals surface area contributed by atoms with Gasteiger partial charge in [0.25, 0.3) is 0 Å². The quantitative estimate of drug-likeness (QED) is 0.730. The van der Waals surface area contributed by atoms with E-state index in [1.54, 1.807) is 0 Å². The second-order valence-corrected chi connectivity index (χ2v) is 8.90. The normalized spacial score (nSPS) is 35.3. The summed E-state index contributed by atoms with van der Waals surface area (Å²) in [4.78, 5) is 17.3. The zero-order valence-corrected chi connectivity index (χ0v) is 16.2. The maximum absolute atomic E-state index is 11.9. The van der Waals surface area contributed by atoms with E-state index in [0.717, 1.165) is 18.5 Å². The molecule has 1 spiro atoms. The van der Waals surface area contributed by atoms with Gasteiger partial charge in [-0.2, -0.15) is 0 Å². The molecule has 0 aromatic heterocycles. The Morgan fingerprint density at radius 1 is 1.08 bits per heavy atom. The molecule has 2 saturated carbocycles. The van der Waals surface area contributed by atoms with Crippen LogP contribution in [0.5, 0.6) is 0 Å². The fourth-order valence-electron chi connectivity index (χ4n) is 5.67. The van der Waals surface area contributed by atoms with Gasteiger partial charge in [0.15, 0.2) is 0 Å². The molecule has 0 aromatic rings. The molecule has 3 rings (SSSR count). The van der Waals surface area contributed by atoms with E-state index in [2.05, 4.69) is 23.8 Å². The molecule has 2 aliphatic carbocycles. The standard InChI is InChI=1S/C21H38N2O/c1-4-12-22(3)18-8-13-23(14-9-18)19-15-21(16-19)10-6-17(7-11-21)20(24)5-2/h17-19H,4-16H2,1-3H3. The highest BCUT2D eigenvalue weighted by molar-refractivity contribution is 5.80. The third-order valence-electron chi connectivity index (χ3n) is 7.40. The van der Waals surface area contributed by atoms with Gasteiger partial charge in [0.05, 0.1) is 0 Å². The number of ketones is 1. The van der Waals surface area contributed by atoms with E-state index in [0.29, 0.717) is 17.1 Å². The average molecular weight is 335 g/mol. The Morgan fingerprint density at radius 3 is 2.25 bits per heavy atom. The monoisotopic (exact) mass is 334 g/mol. The second-order valence-electron chi connectivity index (χ2n) is 8.90. The minimum atomic E-state index is 0.393. The topological polar surface area (TPSA) is 23.6 Å². The molecule has 3 aliphatic rings. The summed E-state index contributed by atoms with van der Waals surface area (Å²) in [6.45, 7) is 8.15. The zero-order chi connectivity index (χ0) is 17.2. The van der Waals surface area contributed by atoms with Gasteiger partial charge in [0, 0.05) is 24.4 Å². The highest BCUT2D eigenvalue weighted by atomic mass is 16.1. The van der Waals surface area contributed by atoms with Crippen LogP contribution in [0.1, 0.15) is 78.1 Å². The Balaban J connectivity index is 1.39. The summed E-state index contributed by atoms with van der Waals surface area (Å²) in [6.07, 6.45) is 12.5. The van der Waals surface area contributed by atoms with Crippen molar-refractivity contribution in [2.75, 3.05) is 26.7 Å². The number of likely N-dealkylation sites (tertiary alicyclic amines) is 1. The first-order chi connectivity index (χ1) is 11.6. The predicted octanol–water partition coefficient (Wildman–Crippen LogP) is 4.11. The van der Waals surface area contributed by atoms with E-state index >= 15 is 0 Å². The molecule has 3 fully saturated rings. The zero-order valence-electron chi connectivity index (χ0n) is 16.2. The van der Waals surface area contributed by atoms with Gasteiger partial charge in [-0.05, 0) is 89.9 Å². The highest BCUT2D eigenvalue weighted by Gasteiger charge is 2.48. The molecule has 1 aliphatic heterocycles. The first-order valence-electron chi connectivity index (χ1n) is 10.5.